The Morgan fingerprint density at radius 1 is 0.927 bits per heavy atom. The van der Waals surface area contributed by atoms with E-state index in [1.807, 2.05) is 51.1 Å². The second kappa shape index (κ2) is 13.3. The van der Waals surface area contributed by atoms with E-state index in [0.29, 0.717) is 10.8 Å². The molecule has 2 amide bonds. The van der Waals surface area contributed by atoms with Gasteiger partial charge in [-0.15, -0.1) is 0 Å². The second-order valence-electron chi connectivity index (χ2n) is 10.4. The van der Waals surface area contributed by atoms with Crippen LogP contribution in [0.25, 0.3) is 0 Å². The van der Waals surface area contributed by atoms with Crippen LogP contribution in [0.2, 0.25) is 5.02 Å². The molecule has 0 aliphatic rings. The van der Waals surface area contributed by atoms with Gasteiger partial charge in [-0.25, -0.2) is 8.42 Å². The topological polar surface area (TPSA) is 105 Å². The number of rotatable bonds is 11. The zero-order valence-corrected chi connectivity index (χ0v) is 25.6. The fourth-order valence-electron chi connectivity index (χ4n) is 4.08. The first-order valence-corrected chi connectivity index (χ1v) is 14.7. The summed E-state index contributed by atoms with van der Waals surface area (Å²) in [5.41, 5.74) is 0.486. The number of anilines is 1. The average molecular weight is 602 g/mol. The Labute approximate surface area is 247 Å². The number of hydrogen-bond donors (Lipinski definition) is 1. The fraction of sp³-hybridized carbons (Fsp3) is 0.333. The van der Waals surface area contributed by atoms with Crippen LogP contribution < -0.4 is 19.1 Å². The first kappa shape index (κ1) is 31.8. The molecular formula is C30H36ClN3O6S. The standard InChI is InChI=1S/C30H36ClN3O6S/c1-21(29(36)32-30(2,3)4)33(19-22-10-8-7-9-11-22)28(35)20-34(24-14-12-23(31)13-15-24)41(37,38)25-16-17-26(39-5)27(18-25)40-6/h7-18,21H,19-20H2,1-6H3,(H,32,36)/t21-/m0/s1. The van der Waals surface area contributed by atoms with Gasteiger partial charge in [0, 0.05) is 23.2 Å². The summed E-state index contributed by atoms with van der Waals surface area (Å²) in [6.45, 7) is 6.69. The third-order valence-corrected chi connectivity index (χ3v) is 8.22. The molecule has 0 heterocycles. The number of hydrogen-bond acceptors (Lipinski definition) is 6. The first-order chi connectivity index (χ1) is 19.3. The van der Waals surface area contributed by atoms with Gasteiger partial charge in [-0.2, -0.15) is 0 Å². The van der Waals surface area contributed by atoms with Crippen molar-refractivity contribution in [2.24, 2.45) is 0 Å². The van der Waals surface area contributed by atoms with Crippen LogP contribution in [-0.4, -0.2) is 57.5 Å². The molecular weight excluding hydrogens is 566 g/mol. The minimum atomic E-state index is -4.29. The number of benzene rings is 3. The molecule has 3 rings (SSSR count). The summed E-state index contributed by atoms with van der Waals surface area (Å²) in [6, 6.07) is 18.6. The number of ether oxygens (including phenoxy) is 2. The Bertz CT molecular complexity index is 1460. The summed E-state index contributed by atoms with van der Waals surface area (Å²) in [6.07, 6.45) is 0. The van der Waals surface area contributed by atoms with E-state index in [1.165, 1.54) is 49.5 Å². The van der Waals surface area contributed by atoms with Gasteiger partial charge < -0.3 is 19.7 Å². The molecule has 0 aliphatic heterocycles. The van der Waals surface area contributed by atoms with Crippen LogP contribution in [0.3, 0.4) is 0 Å². The molecule has 41 heavy (non-hydrogen) atoms. The minimum Gasteiger partial charge on any atom is -0.493 e. The van der Waals surface area contributed by atoms with Crippen molar-refractivity contribution in [3.63, 3.8) is 0 Å². The molecule has 0 spiro atoms. The van der Waals surface area contributed by atoms with Crippen LogP contribution in [0.1, 0.15) is 33.3 Å². The number of amides is 2. The third kappa shape index (κ3) is 8.14. The van der Waals surface area contributed by atoms with Crippen molar-refractivity contribution in [3.05, 3.63) is 83.4 Å². The lowest BCUT2D eigenvalue weighted by atomic mass is 10.1. The number of halogens is 1. The lowest BCUT2D eigenvalue weighted by Gasteiger charge is -2.33. The molecule has 0 bridgehead atoms. The molecule has 220 valence electrons. The molecule has 11 heteroatoms. The minimum absolute atomic E-state index is 0.100. The van der Waals surface area contributed by atoms with Gasteiger partial charge in [0.2, 0.25) is 11.8 Å². The number of nitrogens with zero attached hydrogens (tertiary/aromatic N) is 2. The molecule has 0 radical (unpaired) electrons. The highest BCUT2D eigenvalue weighted by Crippen LogP contribution is 2.32. The van der Waals surface area contributed by atoms with Crippen molar-refractivity contribution >= 4 is 39.1 Å². The highest BCUT2D eigenvalue weighted by atomic mass is 35.5. The molecule has 1 atom stereocenters. The first-order valence-electron chi connectivity index (χ1n) is 12.9. The average Bonchev–Trinajstić information content (AvgIpc) is 2.93. The Balaban J connectivity index is 2.06. The number of carbonyl (C=O) groups is 2. The van der Waals surface area contributed by atoms with Crippen LogP contribution in [-0.2, 0) is 26.2 Å². The van der Waals surface area contributed by atoms with Crippen molar-refractivity contribution in [2.75, 3.05) is 25.1 Å². The van der Waals surface area contributed by atoms with Gasteiger partial charge in [-0.1, -0.05) is 41.9 Å². The van der Waals surface area contributed by atoms with E-state index in [-0.39, 0.29) is 28.8 Å². The predicted molar refractivity (Wildman–Crippen MR) is 160 cm³/mol. The molecule has 9 nitrogen and oxygen atoms in total. The Morgan fingerprint density at radius 3 is 2.10 bits per heavy atom. The van der Waals surface area contributed by atoms with Gasteiger partial charge in [0.15, 0.2) is 11.5 Å². The van der Waals surface area contributed by atoms with Crippen molar-refractivity contribution in [1.29, 1.82) is 0 Å². The highest BCUT2D eigenvalue weighted by Gasteiger charge is 2.33. The van der Waals surface area contributed by atoms with Gasteiger partial charge >= 0.3 is 0 Å². The Morgan fingerprint density at radius 2 is 1.54 bits per heavy atom. The third-order valence-electron chi connectivity index (χ3n) is 6.20. The van der Waals surface area contributed by atoms with Crippen molar-refractivity contribution < 1.29 is 27.5 Å². The number of methoxy groups -OCH3 is 2. The largest absolute Gasteiger partial charge is 0.493 e. The fourth-order valence-corrected chi connectivity index (χ4v) is 5.63. The summed E-state index contributed by atoms with van der Waals surface area (Å²) in [4.78, 5) is 28.4. The van der Waals surface area contributed by atoms with Crippen molar-refractivity contribution in [2.45, 2.75) is 50.7 Å². The van der Waals surface area contributed by atoms with Crippen LogP contribution >= 0.6 is 11.6 Å². The Kier molecular flexibility index (Phi) is 10.3. The number of carbonyl (C=O) groups excluding carboxylic acids is 2. The van der Waals surface area contributed by atoms with Crippen molar-refractivity contribution in [1.82, 2.24) is 10.2 Å². The van der Waals surface area contributed by atoms with Crippen LogP contribution in [0.4, 0.5) is 5.69 Å². The Hall–Kier alpha value is -3.76. The van der Waals surface area contributed by atoms with E-state index in [9.17, 15) is 18.0 Å². The van der Waals surface area contributed by atoms with E-state index in [1.54, 1.807) is 19.1 Å². The summed E-state index contributed by atoms with van der Waals surface area (Å²) in [7, 11) is -1.44. The zero-order chi connectivity index (χ0) is 30.4. The lowest BCUT2D eigenvalue weighted by Crippen LogP contribution is -2.54. The van der Waals surface area contributed by atoms with E-state index < -0.39 is 34.1 Å². The molecule has 1 N–H and O–H groups in total. The molecule has 0 saturated carbocycles. The van der Waals surface area contributed by atoms with Crippen molar-refractivity contribution in [3.8, 4) is 11.5 Å². The normalized spacial score (nSPS) is 12.3. The quantitative estimate of drug-likeness (QED) is 0.336. The highest BCUT2D eigenvalue weighted by molar-refractivity contribution is 7.92. The lowest BCUT2D eigenvalue weighted by molar-refractivity contribution is -0.140. The number of nitrogens with one attached hydrogen (secondary N) is 1. The molecule has 0 fully saturated rings. The van der Waals surface area contributed by atoms with Gasteiger partial charge in [-0.05, 0) is 69.7 Å². The summed E-state index contributed by atoms with van der Waals surface area (Å²) < 4.78 is 39.6. The van der Waals surface area contributed by atoms with E-state index >= 15 is 0 Å². The van der Waals surface area contributed by atoms with Gasteiger partial charge in [0.25, 0.3) is 10.0 Å². The van der Waals surface area contributed by atoms with Gasteiger partial charge in [0.05, 0.1) is 24.8 Å². The van der Waals surface area contributed by atoms with Gasteiger partial charge in [-0.3, -0.25) is 13.9 Å². The molecule has 0 saturated heterocycles. The maximum Gasteiger partial charge on any atom is 0.264 e. The predicted octanol–water partition coefficient (Wildman–Crippen LogP) is 4.88. The van der Waals surface area contributed by atoms with E-state index in [0.717, 1.165) is 9.87 Å². The van der Waals surface area contributed by atoms with E-state index in [2.05, 4.69) is 5.32 Å². The zero-order valence-electron chi connectivity index (χ0n) is 24.0. The maximum absolute atomic E-state index is 14.0. The number of sulfonamides is 1. The summed E-state index contributed by atoms with van der Waals surface area (Å²) in [5, 5.41) is 3.31. The summed E-state index contributed by atoms with van der Waals surface area (Å²) >= 11 is 6.08. The summed E-state index contributed by atoms with van der Waals surface area (Å²) in [5.74, 6) is -0.352. The second-order valence-corrected chi connectivity index (χ2v) is 12.7. The molecule has 3 aromatic carbocycles. The molecule has 0 aliphatic carbocycles. The molecule has 3 aromatic rings. The van der Waals surface area contributed by atoms with Crippen LogP contribution in [0.15, 0.2) is 77.7 Å². The smallest absolute Gasteiger partial charge is 0.264 e. The molecule has 0 aromatic heterocycles. The monoisotopic (exact) mass is 601 g/mol. The van der Waals surface area contributed by atoms with Crippen LogP contribution in [0.5, 0.6) is 11.5 Å². The SMILES string of the molecule is COc1ccc(S(=O)(=O)N(CC(=O)N(Cc2ccccc2)[C@@H](C)C(=O)NC(C)(C)C)c2ccc(Cl)cc2)cc1OC. The van der Waals surface area contributed by atoms with Gasteiger partial charge in [0.1, 0.15) is 12.6 Å². The molecule has 0 unspecified atom stereocenters. The van der Waals surface area contributed by atoms with Crippen LogP contribution in [0, 0.1) is 0 Å². The maximum atomic E-state index is 14.0. The van der Waals surface area contributed by atoms with E-state index in [4.69, 9.17) is 21.1 Å².